The number of hydrogen-bond donors (Lipinski definition) is 1. The van der Waals surface area contributed by atoms with E-state index in [2.05, 4.69) is 62.2 Å². The standard InChI is InChI=1S/C37H53N5O3.C2H6/c1-5-9-32(10-6-2)39-19-21-41(22-20-39)36(44)31(24-29-14-13-27(3)28(4)23-29)25-35(43)40-17-15-33(16-18-40)42-26-30-11-7-8-12-34(30)38-37(42)45;1-2/h7-8,11-14,23,31-33H,5-6,9-10,15-22,24-26H2,1-4H3,(H,38,45);1-2H3. The number of hydrogen-bond acceptors (Lipinski definition) is 4. The number of nitrogens with zero attached hydrogens (tertiary/aromatic N) is 4. The molecule has 2 saturated heterocycles. The molecular weight excluding hydrogens is 586 g/mol. The number of urea groups is 1. The molecule has 3 aliphatic heterocycles. The molecule has 2 fully saturated rings. The molecule has 8 nitrogen and oxygen atoms in total. The van der Waals surface area contributed by atoms with E-state index < -0.39 is 0 Å². The zero-order valence-electron chi connectivity index (χ0n) is 29.9. The summed E-state index contributed by atoms with van der Waals surface area (Å²) in [5, 5.41) is 3.02. The number of nitrogens with one attached hydrogen (secondary N) is 1. The Morgan fingerprint density at radius 1 is 0.851 bits per heavy atom. The summed E-state index contributed by atoms with van der Waals surface area (Å²) in [4.78, 5) is 49.1. The van der Waals surface area contributed by atoms with Gasteiger partial charge in [0, 0.05) is 70.0 Å². The topological polar surface area (TPSA) is 76.2 Å². The van der Waals surface area contributed by atoms with Gasteiger partial charge in [-0.1, -0.05) is 76.9 Å². The molecule has 4 amide bonds. The number of carbonyl (C=O) groups is 3. The van der Waals surface area contributed by atoms with E-state index >= 15 is 0 Å². The highest BCUT2D eigenvalue weighted by Gasteiger charge is 2.35. The fourth-order valence-electron chi connectivity index (χ4n) is 7.49. The molecule has 258 valence electrons. The normalized spacial score (nSPS) is 17.9. The fourth-order valence-corrected chi connectivity index (χ4v) is 7.49. The van der Waals surface area contributed by atoms with Crippen molar-refractivity contribution in [3.05, 3.63) is 64.7 Å². The molecule has 0 aromatic heterocycles. The third kappa shape index (κ3) is 9.37. The van der Waals surface area contributed by atoms with Crippen LogP contribution < -0.4 is 5.32 Å². The largest absolute Gasteiger partial charge is 0.343 e. The van der Waals surface area contributed by atoms with Gasteiger partial charge in [0.1, 0.15) is 0 Å². The molecule has 0 bridgehead atoms. The first-order valence-electron chi connectivity index (χ1n) is 18.3. The maximum atomic E-state index is 14.1. The Balaban J connectivity index is 0.00000245. The van der Waals surface area contributed by atoms with Gasteiger partial charge in [0.05, 0.1) is 5.92 Å². The van der Waals surface area contributed by atoms with Gasteiger partial charge in [-0.25, -0.2) is 4.79 Å². The Morgan fingerprint density at radius 2 is 1.51 bits per heavy atom. The summed E-state index contributed by atoms with van der Waals surface area (Å²) in [6.45, 7) is 17.8. The van der Waals surface area contributed by atoms with Gasteiger partial charge in [-0.05, 0) is 74.3 Å². The lowest BCUT2D eigenvalue weighted by Crippen LogP contribution is -2.54. The van der Waals surface area contributed by atoms with Crippen molar-refractivity contribution in [1.82, 2.24) is 19.6 Å². The number of piperazine rings is 1. The van der Waals surface area contributed by atoms with E-state index in [9.17, 15) is 14.4 Å². The summed E-state index contributed by atoms with van der Waals surface area (Å²) in [7, 11) is 0. The van der Waals surface area contributed by atoms with Gasteiger partial charge in [0.25, 0.3) is 0 Å². The Hall–Kier alpha value is -3.39. The van der Waals surface area contributed by atoms with Crippen molar-refractivity contribution < 1.29 is 14.4 Å². The van der Waals surface area contributed by atoms with Crippen LogP contribution in [0.2, 0.25) is 0 Å². The molecular formula is C39H59N5O3. The average Bonchev–Trinajstić information content (AvgIpc) is 3.10. The monoisotopic (exact) mass is 645 g/mol. The van der Waals surface area contributed by atoms with E-state index in [0.29, 0.717) is 32.1 Å². The van der Waals surface area contributed by atoms with Gasteiger partial charge in [-0.15, -0.1) is 0 Å². The summed E-state index contributed by atoms with van der Waals surface area (Å²) in [6, 6.07) is 15.0. The van der Waals surface area contributed by atoms with Crippen LogP contribution in [-0.4, -0.2) is 88.8 Å². The quantitative estimate of drug-likeness (QED) is 0.285. The minimum atomic E-state index is -0.379. The van der Waals surface area contributed by atoms with Crippen molar-refractivity contribution in [3.63, 3.8) is 0 Å². The third-order valence-electron chi connectivity index (χ3n) is 10.3. The molecule has 0 spiro atoms. The summed E-state index contributed by atoms with van der Waals surface area (Å²) in [5.74, 6) is -0.216. The lowest BCUT2D eigenvalue weighted by molar-refractivity contribution is -0.143. The van der Waals surface area contributed by atoms with Gasteiger partial charge in [-0.3, -0.25) is 14.5 Å². The number of anilines is 1. The summed E-state index contributed by atoms with van der Waals surface area (Å²) in [6.07, 6.45) is 7.06. The predicted molar refractivity (Wildman–Crippen MR) is 191 cm³/mol. The van der Waals surface area contributed by atoms with E-state index in [0.717, 1.165) is 55.8 Å². The number of aryl methyl sites for hydroxylation is 2. The van der Waals surface area contributed by atoms with Crippen molar-refractivity contribution in [2.24, 2.45) is 5.92 Å². The van der Waals surface area contributed by atoms with Crippen molar-refractivity contribution in [1.29, 1.82) is 0 Å². The molecule has 0 saturated carbocycles. The highest BCUT2D eigenvalue weighted by Crippen LogP contribution is 2.29. The molecule has 0 aliphatic carbocycles. The number of carbonyl (C=O) groups excluding carboxylic acids is 3. The molecule has 2 aromatic rings. The highest BCUT2D eigenvalue weighted by atomic mass is 16.2. The van der Waals surface area contributed by atoms with Crippen LogP contribution in [0.25, 0.3) is 0 Å². The van der Waals surface area contributed by atoms with E-state index in [-0.39, 0.29) is 36.2 Å². The predicted octanol–water partition coefficient (Wildman–Crippen LogP) is 7.03. The molecule has 2 aromatic carbocycles. The van der Waals surface area contributed by atoms with Crippen molar-refractivity contribution in [2.45, 2.75) is 112 Å². The SMILES string of the molecule is CC.CCCC(CCC)N1CCN(C(=O)C(CC(=O)N2CCC(N3Cc4ccccc4NC3=O)CC2)Cc2ccc(C)c(C)c2)CC1. The molecule has 5 rings (SSSR count). The van der Waals surface area contributed by atoms with Crippen molar-refractivity contribution in [2.75, 3.05) is 44.6 Å². The number of piperidine rings is 1. The number of fused-ring (bicyclic) bond motifs is 1. The van der Waals surface area contributed by atoms with Crippen LogP contribution in [-0.2, 0) is 22.6 Å². The number of amides is 4. The van der Waals surface area contributed by atoms with Gasteiger partial charge >= 0.3 is 6.03 Å². The number of benzene rings is 2. The van der Waals surface area contributed by atoms with E-state index in [1.54, 1.807) is 0 Å². The van der Waals surface area contributed by atoms with Crippen molar-refractivity contribution >= 4 is 23.5 Å². The maximum absolute atomic E-state index is 14.1. The minimum absolute atomic E-state index is 0.0497. The van der Waals surface area contributed by atoms with Crippen LogP contribution in [0.5, 0.6) is 0 Å². The molecule has 3 heterocycles. The Kier molecular flexibility index (Phi) is 13.7. The first-order chi connectivity index (χ1) is 22.8. The van der Waals surface area contributed by atoms with Gasteiger partial charge < -0.3 is 20.0 Å². The summed E-state index contributed by atoms with van der Waals surface area (Å²) >= 11 is 0. The Bertz CT molecular complexity index is 1320. The summed E-state index contributed by atoms with van der Waals surface area (Å²) in [5.41, 5.74) is 5.56. The first-order valence-corrected chi connectivity index (χ1v) is 18.3. The van der Waals surface area contributed by atoms with Crippen LogP contribution in [0.1, 0.15) is 94.9 Å². The van der Waals surface area contributed by atoms with E-state index in [4.69, 9.17) is 0 Å². The zero-order chi connectivity index (χ0) is 33.9. The number of likely N-dealkylation sites (tertiary alicyclic amines) is 1. The number of rotatable bonds is 11. The van der Waals surface area contributed by atoms with Gasteiger partial charge in [0.2, 0.25) is 11.8 Å². The fraction of sp³-hybridized carbons (Fsp3) is 0.615. The Labute approximate surface area is 283 Å². The molecule has 1 atom stereocenters. The second kappa shape index (κ2) is 17.7. The third-order valence-corrected chi connectivity index (χ3v) is 10.3. The van der Waals surface area contributed by atoms with E-state index in [1.807, 2.05) is 46.7 Å². The second-order valence-corrected chi connectivity index (χ2v) is 13.4. The zero-order valence-corrected chi connectivity index (χ0v) is 29.9. The lowest BCUT2D eigenvalue weighted by Gasteiger charge is -2.41. The van der Waals surface area contributed by atoms with E-state index in [1.165, 1.54) is 36.8 Å². The minimum Gasteiger partial charge on any atom is -0.343 e. The molecule has 1 N–H and O–H groups in total. The molecule has 8 heteroatoms. The van der Waals surface area contributed by atoms with Crippen LogP contribution in [0.4, 0.5) is 10.5 Å². The molecule has 1 unspecified atom stereocenters. The van der Waals surface area contributed by atoms with Crippen LogP contribution in [0, 0.1) is 19.8 Å². The molecule has 47 heavy (non-hydrogen) atoms. The van der Waals surface area contributed by atoms with Crippen LogP contribution >= 0.6 is 0 Å². The van der Waals surface area contributed by atoms with Crippen LogP contribution in [0.15, 0.2) is 42.5 Å². The van der Waals surface area contributed by atoms with Crippen molar-refractivity contribution in [3.8, 4) is 0 Å². The Morgan fingerprint density at radius 3 is 2.15 bits per heavy atom. The van der Waals surface area contributed by atoms with Gasteiger partial charge in [-0.2, -0.15) is 0 Å². The first kappa shape index (κ1) is 36.4. The molecule has 3 aliphatic rings. The van der Waals surface area contributed by atoms with Gasteiger partial charge in [0.15, 0.2) is 0 Å². The maximum Gasteiger partial charge on any atom is 0.322 e. The van der Waals surface area contributed by atoms with Crippen LogP contribution in [0.3, 0.4) is 0 Å². The molecule has 0 radical (unpaired) electrons. The summed E-state index contributed by atoms with van der Waals surface area (Å²) < 4.78 is 0. The number of para-hydroxylation sites is 1. The average molecular weight is 646 g/mol. The lowest BCUT2D eigenvalue weighted by atomic mass is 9.91. The second-order valence-electron chi connectivity index (χ2n) is 13.4. The highest BCUT2D eigenvalue weighted by molar-refractivity contribution is 5.92. The smallest absolute Gasteiger partial charge is 0.322 e.